The first-order valence-corrected chi connectivity index (χ1v) is 11.4. The summed E-state index contributed by atoms with van der Waals surface area (Å²) in [5, 5.41) is 2.77. The van der Waals surface area contributed by atoms with E-state index in [0.29, 0.717) is 11.4 Å². The van der Waals surface area contributed by atoms with Gasteiger partial charge in [-0.25, -0.2) is 8.42 Å². The second-order valence-corrected chi connectivity index (χ2v) is 9.17. The van der Waals surface area contributed by atoms with Crippen LogP contribution in [0.2, 0.25) is 0 Å². The van der Waals surface area contributed by atoms with Crippen molar-refractivity contribution in [3.05, 3.63) is 88.9 Å². The number of hydrogen-bond acceptors (Lipinski definition) is 4. The monoisotopic (exact) mass is 488 g/mol. The minimum Gasteiger partial charge on any atom is -0.496 e. The van der Waals surface area contributed by atoms with Crippen molar-refractivity contribution in [2.24, 2.45) is 0 Å². The fourth-order valence-corrected chi connectivity index (χ4v) is 4.58. The number of anilines is 1. The second-order valence-electron chi connectivity index (χ2n) is 6.39. The van der Waals surface area contributed by atoms with E-state index >= 15 is 0 Å². The summed E-state index contributed by atoms with van der Waals surface area (Å²) in [6.45, 7) is -0.129. The van der Waals surface area contributed by atoms with Crippen LogP contribution >= 0.6 is 15.9 Å². The lowest BCUT2D eigenvalue weighted by Crippen LogP contribution is -2.40. The van der Waals surface area contributed by atoms with Crippen molar-refractivity contribution in [2.75, 3.05) is 18.0 Å². The van der Waals surface area contributed by atoms with Crippen molar-refractivity contribution in [2.45, 2.75) is 11.4 Å². The van der Waals surface area contributed by atoms with Crippen molar-refractivity contribution in [1.29, 1.82) is 0 Å². The number of methoxy groups -OCH3 is 1. The van der Waals surface area contributed by atoms with Crippen LogP contribution in [0.4, 0.5) is 5.69 Å². The molecule has 0 radical (unpaired) electrons. The van der Waals surface area contributed by atoms with Gasteiger partial charge in [0, 0.05) is 16.6 Å². The molecule has 0 heterocycles. The summed E-state index contributed by atoms with van der Waals surface area (Å²) in [5.74, 6) is 0.225. The number of nitrogens with one attached hydrogen (secondary N) is 1. The van der Waals surface area contributed by atoms with Crippen molar-refractivity contribution in [3.63, 3.8) is 0 Å². The number of ether oxygens (including phenoxy) is 1. The molecular formula is C22H21BrN2O4S. The molecule has 1 amide bonds. The first-order valence-electron chi connectivity index (χ1n) is 9.14. The first-order chi connectivity index (χ1) is 14.4. The Balaban J connectivity index is 1.84. The van der Waals surface area contributed by atoms with Crippen molar-refractivity contribution >= 4 is 37.5 Å². The van der Waals surface area contributed by atoms with Gasteiger partial charge in [-0.1, -0.05) is 52.3 Å². The van der Waals surface area contributed by atoms with Gasteiger partial charge in [-0.2, -0.15) is 0 Å². The van der Waals surface area contributed by atoms with E-state index in [-0.39, 0.29) is 18.0 Å². The van der Waals surface area contributed by atoms with E-state index in [1.165, 1.54) is 12.1 Å². The van der Waals surface area contributed by atoms with Gasteiger partial charge in [0.1, 0.15) is 12.3 Å². The van der Waals surface area contributed by atoms with Crippen molar-refractivity contribution < 1.29 is 17.9 Å². The summed E-state index contributed by atoms with van der Waals surface area (Å²) in [4.78, 5) is 12.8. The maximum absolute atomic E-state index is 13.2. The lowest BCUT2D eigenvalue weighted by Gasteiger charge is -2.24. The molecule has 0 unspecified atom stereocenters. The minimum absolute atomic E-state index is 0.116. The van der Waals surface area contributed by atoms with Crippen LogP contribution in [0.15, 0.2) is 88.2 Å². The summed E-state index contributed by atoms with van der Waals surface area (Å²) < 4.78 is 33.7. The molecule has 0 saturated carbocycles. The Labute approximate surface area is 184 Å². The van der Waals surface area contributed by atoms with Crippen LogP contribution in [0, 0.1) is 0 Å². The molecular weight excluding hydrogens is 468 g/mol. The Morgan fingerprint density at radius 1 is 0.967 bits per heavy atom. The number of carbonyl (C=O) groups is 1. The number of rotatable bonds is 8. The molecule has 0 aliphatic rings. The van der Waals surface area contributed by atoms with E-state index in [1.54, 1.807) is 55.6 Å². The molecule has 156 valence electrons. The molecule has 0 fully saturated rings. The van der Waals surface area contributed by atoms with E-state index in [2.05, 4.69) is 21.2 Å². The fourth-order valence-electron chi connectivity index (χ4n) is 2.87. The highest BCUT2D eigenvalue weighted by Gasteiger charge is 2.27. The number of benzene rings is 3. The highest BCUT2D eigenvalue weighted by molar-refractivity contribution is 9.10. The van der Waals surface area contributed by atoms with Gasteiger partial charge >= 0.3 is 0 Å². The molecule has 3 rings (SSSR count). The van der Waals surface area contributed by atoms with E-state index in [0.717, 1.165) is 14.3 Å². The zero-order valence-corrected chi connectivity index (χ0v) is 18.7. The van der Waals surface area contributed by atoms with Crippen LogP contribution in [0.3, 0.4) is 0 Å². The molecule has 3 aromatic rings. The molecule has 30 heavy (non-hydrogen) atoms. The predicted octanol–water partition coefficient (Wildman–Crippen LogP) is 3.97. The molecule has 0 bridgehead atoms. The van der Waals surface area contributed by atoms with Crippen LogP contribution in [-0.2, 0) is 21.4 Å². The highest BCUT2D eigenvalue weighted by Crippen LogP contribution is 2.25. The largest absolute Gasteiger partial charge is 0.496 e. The molecule has 6 nitrogen and oxygen atoms in total. The minimum atomic E-state index is -3.93. The fraction of sp³-hybridized carbons (Fsp3) is 0.136. The number of carbonyl (C=O) groups excluding carboxylic acids is 1. The SMILES string of the molecule is COc1ccccc1CNC(=O)CN(c1ccc(Br)cc1)S(=O)(=O)c1ccccc1. The van der Waals surface area contributed by atoms with Gasteiger partial charge in [-0.05, 0) is 42.5 Å². The van der Waals surface area contributed by atoms with Crippen LogP contribution in [-0.4, -0.2) is 28.0 Å². The van der Waals surface area contributed by atoms with E-state index in [4.69, 9.17) is 4.74 Å². The summed E-state index contributed by atoms with van der Waals surface area (Å²) >= 11 is 3.35. The van der Waals surface area contributed by atoms with Gasteiger partial charge in [-0.15, -0.1) is 0 Å². The number of halogens is 1. The topological polar surface area (TPSA) is 75.7 Å². The van der Waals surface area contributed by atoms with Gasteiger partial charge in [0.15, 0.2) is 0 Å². The first kappa shape index (κ1) is 21.9. The van der Waals surface area contributed by atoms with Crippen molar-refractivity contribution in [3.8, 4) is 5.75 Å². The molecule has 8 heteroatoms. The number of nitrogens with zero attached hydrogens (tertiary/aromatic N) is 1. The molecule has 0 saturated heterocycles. The molecule has 0 aliphatic carbocycles. The van der Waals surface area contributed by atoms with Crippen LogP contribution in [0.25, 0.3) is 0 Å². The Morgan fingerprint density at radius 3 is 2.27 bits per heavy atom. The Bertz CT molecular complexity index is 1100. The third-order valence-electron chi connectivity index (χ3n) is 4.40. The quantitative estimate of drug-likeness (QED) is 0.520. The van der Waals surface area contributed by atoms with E-state index < -0.39 is 15.9 Å². The molecule has 1 N–H and O–H groups in total. The maximum Gasteiger partial charge on any atom is 0.264 e. The normalized spacial score (nSPS) is 11.0. The lowest BCUT2D eigenvalue weighted by atomic mass is 10.2. The summed E-state index contributed by atoms with van der Waals surface area (Å²) in [6, 6.07) is 22.1. The molecule has 0 spiro atoms. The molecule has 3 aromatic carbocycles. The van der Waals surface area contributed by atoms with Crippen LogP contribution in [0.1, 0.15) is 5.56 Å². The average molecular weight is 489 g/mol. The van der Waals surface area contributed by atoms with E-state index in [9.17, 15) is 13.2 Å². The highest BCUT2D eigenvalue weighted by atomic mass is 79.9. The van der Waals surface area contributed by atoms with Crippen molar-refractivity contribution in [1.82, 2.24) is 5.32 Å². The molecule has 0 aliphatic heterocycles. The second kappa shape index (κ2) is 9.77. The number of sulfonamides is 1. The van der Waals surface area contributed by atoms with Crippen LogP contribution in [0.5, 0.6) is 5.75 Å². The Kier molecular flexibility index (Phi) is 7.12. The van der Waals surface area contributed by atoms with Gasteiger partial charge in [0.25, 0.3) is 10.0 Å². The standard InChI is InChI=1S/C22H21BrN2O4S/c1-29-21-10-6-5-7-17(21)15-24-22(26)16-25(19-13-11-18(23)12-14-19)30(27,28)20-8-3-2-4-9-20/h2-14H,15-16H2,1H3,(H,24,26). The maximum atomic E-state index is 13.2. The van der Waals surface area contributed by atoms with Gasteiger partial charge in [-0.3, -0.25) is 9.10 Å². The number of hydrogen-bond donors (Lipinski definition) is 1. The zero-order valence-electron chi connectivity index (χ0n) is 16.3. The predicted molar refractivity (Wildman–Crippen MR) is 120 cm³/mol. The van der Waals surface area contributed by atoms with E-state index in [1.807, 2.05) is 18.2 Å². The summed E-state index contributed by atoms with van der Waals surface area (Å²) in [7, 11) is -2.37. The Hall–Kier alpha value is -2.84. The summed E-state index contributed by atoms with van der Waals surface area (Å²) in [6.07, 6.45) is 0. The van der Waals surface area contributed by atoms with Gasteiger partial charge in [0.05, 0.1) is 17.7 Å². The Morgan fingerprint density at radius 2 is 1.60 bits per heavy atom. The summed E-state index contributed by atoms with van der Waals surface area (Å²) in [5.41, 5.74) is 1.20. The van der Waals surface area contributed by atoms with Crippen LogP contribution < -0.4 is 14.4 Å². The average Bonchev–Trinajstić information content (AvgIpc) is 2.77. The number of para-hydroxylation sites is 1. The smallest absolute Gasteiger partial charge is 0.264 e. The molecule has 0 aromatic heterocycles. The van der Waals surface area contributed by atoms with Gasteiger partial charge < -0.3 is 10.1 Å². The molecule has 0 atom stereocenters. The number of amides is 1. The third-order valence-corrected chi connectivity index (χ3v) is 6.72. The lowest BCUT2D eigenvalue weighted by molar-refractivity contribution is -0.119. The van der Waals surface area contributed by atoms with Gasteiger partial charge in [0.2, 0.25) is 5.91 Å². The third kappa shape index (κ3) is 5.20. The zero-order chi connectivity index (χ0) is 21.6.